The lowest BCUT2D eigenvalue weighted by Gasteiger charge is -2.24. The lowest BCUT2D eigenvalue weighted by Crippen LogP contribution is -2.37. The van der Waals surface area contributed by atoms with E-state index >= 15 is 0 Å². The van der Waals surface area contributed by atoms with Crippen LogP contribution in [0.3, 0.4) is 0 Å². The van der Waals surface area contributed by atoms with Gasteiger partial charge in [0, 0.05) is 18.7 Å². The normalized spacial score (nSPS) is 18.6. The molecule has 0 saturated heterocycles. The molecule has 1 aliphatic heterocycles. The summed E-state index contributed by atoms with van der Waals surface area (Å²) in [4.78, 5) is 0. The van der Waals surface area contributed by atoms with E-state index in [1.807, 2.05) is 18.2 Å². The van der Waals surface area contributed by atoms with Gasteiger partial charge in [-0.15, -0.1) is 0 Å². The third kappa shape index (κ3) is 2.07. The van der Waals surface area contributed by atoms with Crippen molar-refractivity contribution < 1.29 is 9.47 Å². The fourth-order valence-corrected chi connectivity index (χ4v) is 1.83. The monoisotopic (exact) mass is 207 g/mol. The smallest absolute Gasteiger partial charge is 0.128 e. The highest BCUT2D eigenvalue weighted by Gasteiger charge is 2.25. The summed E-state index contributed by atoms with van der Waals surface area (Å²) >= 11 is 0. The molecule has 3 heteroatoms. The van der Waals surface area contributed by atoms with Gasteiger partial charge in [-0.2, -0.15) is 0 Å². The van der Waals surface area contributed by atoms with Crippen molar-refractivity contribution in [1.29, 1.82) is 0 Å². The molecule has 0 spiro atoms. The molecule has 3 nitrogen and oxygen atoms in total. The average Bonchev–Trinajstić information content (AvgIpc) is 2.33. The van der Waals surface area contributed by atoms with Gasteiger partial charge in [0.05, 0.1) is 7.11 Å². The minimum absolute atomic E-state index is 0.169. The van der Waals surface area contributed by atoms with Crippen molar-refractivity contribution in [1.82, 2.24) is 5.32 Å². The number of hydrogen-bond donors (Lipinski definition) is 1. The molecule has 1 N–H and O–H groups in total. The van der Waals surface area contributed by atoms with Gasteiger partial charge >= 0.3 is 0 Å². The molecule has 1 aromatic carbocycles. The molecule has 0 unspecified atom stereocenters. The highest BCUT2D eigenvalue weighted by atomic mass is 16.5. The maximum Gasteiger partial charge on any atom is 0.128 e. The summed E-state index contributed by atoms with van der Waals surface area (Å²) in [6.07, 6.45) is 0. The molecule has 0 bridgehead atoms. The molecule has 1 aliphatic rings. The zero-order chi connectivity index (χ0) is 10.9. The van der Waals surface area contributed by atoms with Crippen molar-refractivity contribution in [3.63, 3.8) is 0 Å². The molecule has 1 heterocycles. The van der Waals surface area contributed by atoms with Crippen LogP contribution in [0.5, 0.6) is 11.5 Å². The van der Waals surface area contributed by atoms with Gasteiger partial charge in [-0.05, 0) is 26.0 Å². The first-order chi connectivity index (χ1) is 7.12. The van der Waals surface area contributed by atoms with Gasteiger partial charge < -0.3 is 14.8 Å². The lowest BCUT2D eigenvalue weighted by molar-refractivity contribution is 0.115. The maximum absolute atomic E-state index is 5.94. The van der Waals surface area contributed by atoms with Crippen molar-refractivity contribution in [2.75, 3.05) is 13.7 Å². The molecule has 0 radical (unpaired) electrons. The summed E-state index contributed by atoms with van der Waals surface area (Å²) in [5.74, 6) is 1.81. The van der Waals surface area contributed by atoms with Crippen LogP contribution in [-0.4, -0.2) is 19.3 Å². The second-order valence-corrected chi connectivity index (χ2v) is 4.40. The molecular formula is C12H17NO2. The van der Waals surface area contributed by atoms with Crippen molar-refractivity contribution >= 4 is 0 Å². The van der Waals surface area contributed by atoms with E-state index in [-0.39, 0.29) is 5.60 Å². The number of ether oxygens (including phenoxy) is 2. The van der Waals surface area contributed by atoms with E-state index in [4.69, 9.17) is 9.47 Å². The van der Waals surface area contributed by atoms with E-state index in [1.165, 1.54) is 0 Å². The predicted molar refractivity (Wildman–Crippen MR) is 59.4 cm³/mol. The summed E-state index contributed by atoms with van der Waals surface area (Å²) in [6.45, 7) is 5.79. The van der Waals surface area contributed by atoms with E-state index in [0.29, 0.717) is 0 Å². The third-order valence-electron chi connectivity index (χ3n) is 2.55. The van der Waals surface area contributed by atoms with E-state index in [1.54, 1.807) is 7.11 Å². The molecule has 0 atom stereocenters. The first-order valence-electron chi connectivity index (χ1n) is 5.18. The Hall–Kier alpha value is -1.22. The molecule has 15 heavy (non-hydrogen) atoms. The molecule has 1 aromatic rings. The van der Waals surface area contributed by atoms with Crippen LogP contribution in [0, 0.1) is 0 Å². The molecule has 0 saturated carbocycles. The fraction of sp³-hybridized carbons (Fsp3) is 0.500. The highest BCUT2D eigenvalue weighted by Crippen LogP contribution is 2.32. The van der Waals surface area contributed by atoms with Crippen LogP contribution in [-0.2, 0) is 6.54 Å². The van der Waals surface area contributed by atoms with Gasteiger partial charge in [0.25, 0.3) is 0 Å². The zero-order valence-electron chi connectivity index (χ0n) is 9.46. The van der Waals surface area contributed by atoms with Gasteiger partial charge in [0.1, 0.15) is 17.1 Å². The van der Waals surface area contributed by atoms with Gasteiger partial charge in [0.2, 0.25) is 0 Å². The Balaban J connectivity index is 2.41. The number of nitrogens with one attached hydrogen (secondary N) is 1. The minimum atomic E-state index is -0.169. The number of rotatable bonds is 1. The van der Waals surface area contributed by atoms with Gasteiger partial charge in [-0.25, -0.2) is 0 Å². The number of hydrogen-bond acceptors (Lipinski definition) is 3. The maximum atomic E-state index is 5.94. The Morgan fingerprint density at radius 2 is 2.20 bits per heavy atom. The predicted octanol–water partition coefficient (Wildman–Crippen LogP) is 1.96. The lowest BCUT2D eigenvalue weighted by atomic mass is 10.1. The molecule has 0 aromatic heterocycles. The minimum Gasteiger partial charge on any atom is -0.496 e. The van der Waals surface area contributed by atoms with Gasteiger partial charge in [-0.1, -0.05) is 6.07 Å². The molecule has 0 aliphatic carbocycles. The summed E-state index contributed by atoms with van der Waals surface area (Å²) in [7, 11) is 1.69. The van der Waals surface area contributed by atoms with Crippen LogP contribution < -0.4 is 14.8 Å². The largest absolute Gasteiger partial charge is 0.496 e. The first-order valence-corrected chi connectivity index (χ1v) is 5.18. The fourth-order valence-electron chi connectivity index (χ4n) is 1.83. The van der Waals surface area contributed by atoms with Crippen LogP contribution in [0.2, 0.25) is 0 Å². The Bertz CT molecular complexity index is 361. The molecule has 2 rings (SSSR count). The Kier molecular flexibility index (Phi) is 2.57. The third-order valence-corrected chi connectivity index (χ3v) is 2.55. The van der Waals surface area contributed by atoms with Crippen molar-refractivity contribution in [2.24, 2.45) is 0 Å². The summed E-state index contributed by atoms with van der Waals surface area (Å²) in [5.41, 5.74) is 0.933. The standard InChI is InChI=1S/C12H17NO2/c1-12(2)8-13-7-9-10(14-3)5-4-6-11(9)15-12/h4-6,13H,7-8H2,1-3H3. The van der Waals surface area contributed by atoms with Gasteiger partial charge in [0.15, 0.2) is 0 Å². The molecule has 0 amide bonds. The highest BCUT2D eigenvalue weighted by molar-refractivity contribution is 5.45. The zero-order valence-corrected chi connectivity index (χ0v) is 9.46. The Labute approximate surface area is 90.4 Å². The number of methoxy groups -OCH3 is 1. The van der Waals surface area contributed by atoms with Crippen LogP contribution in [0.1, 0.15) is 19.4 Å². The van der Waals surface area contributed by atoms with Crippen LogP contribution >= 0.6 is 0 Å². The van der Waals surface area contributed by atoms with Crippen molar-refractivity contribution in [2.45, 2.75) is 26.0 Å². The summed E-state index contributed by atoms with van der Waals surface area (Å²) in [6, 6.07) is 5.91. The summed E-state index contributed by atoms with van der Waals surface area (Å²) in [5, 5.41) is 3.36. The van der Waals surface area contributed by atoms with Crippen LogP contribution in [0.4, 0.5) is 0 Å². The van der Waals surface area contributed by atoms with Crippen LogP contribution in [0.15, 0.2) is 18.2 Å². The first kappa shape index (κ1) is 10.3. The average molecular weight is 207 g/mol. The van der Waals surface area contributed by atoms with Gasteiger partial charge in [-0.3, -0.25) is 0 Å². The topological polar surface area (TPSA) is 30.5 Å². The van der Waals surface area contributed by atoms with E-state index in [0.717, 1.165) is 30.2 Å². The van der Waals surface area contributed by atoms with E-state index in [2.05, 4.69) is 19.2 Å². The molecular weight excluding hydrogens is 190 g/mol. The Morgan fingerprint density at radius 3 is 2.93 bits per heavy atom. The second kappa shape index (κ2) is 3.74. The SMILES string of the molecule is COc1cccc2c1CNCC(C)(C)O2. The number of fused-ring (bicyclic) bond motifs is 1. The van der Waals surface area contributed by atoms with E-state index in [9.17, 15) is 0 Å². The molecule has 82 valence electrons. The van der Waals surface area contributed by atoms with Crippen molar-refractivity contribution in [3.8, 4) is 11.5 Å². The quantitative estimate of drug-likeness (QED) is 0.763. The Morgan fingerprint density at radius 1 is 1.40 bits per heavy atom. The summed E-state index contributed by atoms with van der Waals surface area (Å²) < 4.78 is 11.3. The van der Waals surface area contributed by atoms with E-state index < -0.39 is 0 Å². The van der Waals surface area contributed by atoms with Crippen LogP contribution in [0.25, 0.3) is 0 Å². The van der Waals surface area contributed by atoms with Crippen molar-refractivity contribution in [3.05, 3.63) is 23.8 Å². The second-order valence-electron chi connectivity index (χ2n) is 4.40. The number of benzene rings is 1. The molecule has 0 fully saturated rings.